The van der Waals surface area contributed by atoms with E-state index in [2.05, 4.69) is 40.3 Å². The molecule has 0 radical (unpaired) electrons. The maximum absolute atomic E-state index is 3.56. The van der Waals surface area contributed by atoms with Crippen molar-refractivity contribution in [2.24, 2.45) is 5.41 Å². The molecule has 3 heteroatoms. The Balaban J connectivity index is 1.83. The highest BCUT2D eigenvalue weighted by atomic mass is 79.9. The molecule has 1 aliphatic rings. The van der Waals surface area contributed by atoms with E-state index in [0.29, 0.717) is 5.41 Å². The van der Waals surface area contributed by atoms with Crippen molar-refractivity contribution in [1.82, 2.24) is 5.32 Å². The average Bonchev–Trinajstić information content (AvgIpc) is 2.84. The standard InChI is InChI=1S/C12H18BrNS/c1-2-7-14-9-12(5-6-12)8-10-3-4-11(13)15-10/h3-4,14H,2,5-9H2,1H3. The molecule has 1 aromatic heterocycles. The lowest BCUT2D eigenvalue weighted by molar-refractivity contribution is 0.458. The monoisotopic (exact) mass is 287 g/mol. The minimum Gasteiger partial charge on any atom is -0.316 e. The third-order valence-corrected chi connectivity index (χ3v) is 4.69. The Morgan fingerprint density at radius 2 is 2.27 bits per heavy atom. The molecule has 1 fully saturated rings. The predicted octanol–water partition coefficient (Wildman–Crippen LogP) is 3.83. The lowest BCUT2D eigenvalue weighted by Gasteiger charge is -2.14. The van der Waals surface area contributed by atoms with Gasteiger partial charge >= 0.3 is 0 Å². The summed E-state index contributed by atoms with van der Waals surface area (Å²) in [5.41, 5.74) is 0.597. The van der Waals surface area contributed by atoms with Gasteiger partial charge in [-0.05, 0) is 65.7 Å². The highest BCUT2D eigenvalue weighted by Gasteiger charge is 2.42. The normalized spacial score (nSPS) is 18.0. The van der Waals surface area contributed by atoms with Gasteiger partial charge in [0.05, 0.1) is 3.79 Å². The van der Waals surface area contributed by atoms with Crippen LogP contribution in [-0.2, 0) is 6.42 Å². The molecule has 1 heterocycles. The topological polar surface area (TPSA) is 12.0 Å². The Morgan fingerprint density at radius 1 is 1.47 bits per heavy atom. The summed E-state index contributed by atoms with van der Waals surface area (Å²) >= 11 is 5.41. The van der Waals surface area contributed by atoms with Gasteiger partial charge in [0.1, 0.15) is 0 Å². The van der Waals surface area contributed by atoms with Crippen LogP contribution in [0.4, 0.5) is 0 Å². The van der Waals surface area contributed by atoms with Crippen molar-refractivity contribution in [1.29, 1.82) is 0 Å². The number of rotatable bonds is 6. The first-order valence-electron chi connectivity index (χ1n) is 5.69. The summed E-state index contributed by atoms with van der Waals surface area (Å²) < 4.78 is 1.26. The van der Waals surface area contributed by atoms with Crippen molar-refractivity contribution in [3.05, 3.63) is 20.8 Å². The second-order valence-electron chi connectivity index (χ2n) is 4.56. The fraction of sp³-hybridized carbons (Fsp3) is 0.667. The van der Waals surface area contributed by atoms with E-state index in [1.165, 1.54) is 40.9 Å². The third-order valence-electron chi connectivity index (χ3n) is 3.06. The maximum Gasteiger partial charge on any atom is 0.0701 e. The molecule has 0 aliphatic heterocycles. The smallest absolute Gasteiger partial charge is 0.0701 e. The molecule has 0 atom stereocenters. The lowest BCUT2D eigenvalue weighted by Crippen LogP contribution is -2.25. The Hall–Kier alpha value is 0.140. The van der Waals surface area contributed by atoms with Crippen LogP contribution in [0.3, 0.4) is 0 Å². The fourth-order valence-corrected chi connectivity index (χ4v) is 3.60. The molecule has 0 bridgehead atoms. The molecule has 15 heavy (non-hydrogen) atoms. The summed E-state index contributed by atoms with van der Waals surface area (Å²) in [6.45, 7) is 4.59. The zero-order valence-electron chi connectivity index (χ0n) is 9.18. The molecular formula is C12H18BrNS. The van der Waals surface area contributed by atoms with Crippen LogP contribution in [0.25, 0.3) is 0 Å². The van der Waals surface area contributed by atoms with E-state index in [-0.39, 0.29) is 0 Å². The first-order chi connectivity index (χ1) is 7.24. The summed E-state index contributed by atoms with van der Waals surface area (Å²) in [5.74, 6) is 0. The van der Waals surface area contributed by atoms with Crippen molar-refractivity contribution in [2.45, 2.75) is 32.6 Å². The van der Waals surface area contributed by atoms with Crippen LogP contribution in [0.1, 0.15) is 31.1 Å². The van der Waals surface area contributed by atoms with Crippen molar-refractivity contribution in [2.75, 3.05) is 13.1 Å². The zero-order valence-corrected chi connectivity index (χ0v) is 11.6. The van der Waals surface area contributed by atoms with Gasteiger partial charge < -0.3 is 5.32 Å². The van der Waals surface area contributed by atoms with Gasteiger partial charge in [0.2, 0.25) is 0 Å². The highest BCUT2D eigenvalue weighted by Crippen LogP contribution is 2.48. The fourth-order valence-electron chi connectivity index (χ4n) is 1.94. The van der Waals surface area contributed by atoms with Crippen molar-refractivity contribution < 1.29 is 0 Å². The number of halogens is 1. The second-order valence-corrected chi connectivity index (χ2v) is 7.11. The molecule has 0 unspecified atom stereocenters. The van der Waals surface area contributed by atoms with Crippen molar-refractivity contribution >= 4 is 27.3 Å². The Morgan fingerprint density at radius 3 is 2.80 bits per heavy atom. The number of hydrogen-bond acceptors (Lipinski definition) is 2. The predicted molar refractivity (Wildman–Crippen MR) is 70.6 cm³/mol. The largest absolute Gasteiger partial charge is 0.316 e. The molecule has 0 spiro atoms. The van der Waals surface area contributed by atoms with Crippen LogP contribution >= 0.6 is 27.3 Å². The molecule has 0 saturated heterocycles. The molecule has 1 nitrogen and oxygen atoms in total. The van der Waals surface area contributed by atoms with E-state index >= 15 is 0 Å². The van der Waals surface area contributed by atoms with Gasteiger partial charge in [-0.15, -0.1) is 11.3 Å². The van der Waals surface area contributed by atoms with E-state index in [1.54, 1.807) is 0 Å². The minimum absolute atomic E-state index is 0.597. The molecule has 0 amide bonds. The van der Waals surface area contributed by atoms with Crippen LogP contribution in [0.5, 0.6) is 0 Å². The van der Waals surface area contributed by atoms with E-state index in [9.17, 15) is 0 Å². The van der Waals surface area contributed by atoms with Gasteiger partial charge in [-0.3, -0.25) is 0 Å². The van der Waals surface area contributed by atoms with E-state index in [0.717, 1.165) is 6.54 Å². The van der Waals surface area contributed by atoms with E-state index < -0.39 is 0 Å². The highest BCUT2D eigenvalue weighted by molar-refractivity contribution is 9.11. The first kappa shape index (κ1) is 11.6. The van der Waals surface area contributed by atoms with Crippen LogP contribution < -0.4 is 5.32 Å². The third kappa shape index (κ3) is 3.30. The van der Waals surface area contributed by atoms with Gasteiger partial charge in [0.25, 0.3) is 0 Å². The van der Waals surface area contributed by atoms with E-state index in [4.69, 9.17) is 0 Å². The molecule has 1 N–H and O–H groups in total. The quantitative estimate of drug-likeness (QED) is 0.784. The van der Waals surface area contributed by atoms with Gasteiger partial charge in [-0.1, -0.05) is 6.92 Å². The van der Waals surface area contributed by atoms with Crippen LogP contribution in [0.15, 0.2) is 15.9 Å². The summed E-state index contributed by atoms with van der Waals surface area (Å²) in [5, 5.41) is 3.56. The van der Waals surface area contributed by atoms with Crippen molar-refractivity contribution in [3.8, 4) is 0 Å². The van der Waals surface area contributed by atoms with Crippen molar-refractivity contribution in [3.63, 3.8) is 0 Å². The maximum atomic E-state index is 3.56. The zero-order chi connectivity index (χ0) is 10.7. The van der Waals surface area contributed by atoms with Crippen LogP contribution in [0, 0.1) is 5.41 Å². The van der Waals surface area contributed by atoms with Crippen LogP contribution in [-0.4, -0.2) is 13.1 Å². The van der Waals surface area contributed by atoms with Gasteiger partial charge in [-0.2, -0.15) is 0 Å². The molecule has 1 saturated carbocycles. The summed E-state index contributed by atoms with van der Waals surface area (Å²) in [6.07, 6.45) is 5.30. The van der Waals surface area contributed by atoms with Gasteiger partial charge in [-0.25, -0.2) is 0 Å². The summed E-state index contributed by atoms with van der Waals surface area (Å²) in [6, 6.07) is 4.42. The SMILES string of the molecule is CCCNCC1(Cc2ccc(Br)s2)CC1. The van der Waals surface area contributed by atoms with Crippen LogP contribution in [0.2, 0.25) is 0 Å². The summed E-state index contributed by atoms with van der Waals surface area (Å²) in [4.78, 5) is 1.53. The Kier molecular flexibility index (Phi) is 3.86. The molecular weight excluding hydrogens is 270 g/mol. The number of thiophene rings is 1. The lowest BCUT2D eigenvalue weighted by atomic mass is 10.0. The van der Waals surface area contributed by atoms with Gasteiger partial charge in [0, 0.05) is 11.4 Å². The second kappa shape index (κ2) is 4.98. The Bertz CT molecular complexity index is 317. The van der Waals surface area contributed by atoms with E-state index in [1.807, 2.05) is 11.3 Å². The summed E-state index contributed by atoms with van der Waals surface area (Å²) in [7, 11) is 0. The number of hydrogen-bond donors (Lipinski definition) is 1. The molecule has 0 aromatic carbocycles. The number of nitrogens with one attached hydrogen (secondary N) is 1. The molecule has 1 aromatic rings. The minimum atomic E-state index is 0.597. The molecule has 84 valence electrons. The molecule has 1 aliphatic carbocycles. The Labute approximate surface area is 104 Å². The average molecular weight is 288 g/mol. The van der Waals surface area contributed by atoms with Gasteiger partial charge in [0.15, 0.2) is 0 Å². The first-order valence-corrected chi connectivity index (χ1v) is 7.30. The molecule has 2 rings (SSSR count).